The van der Waals surface area contributed by atoms with Crippen molar-refractivity contribution in [3.05, 3.63) is 77.9 Å². The van der Waals surface area contributed by atoms with Gasteiger partial charge in [-0.15, -0.1) is 0 Å². The first kappa shape index (κ1) is 20.7. The molecule has 31 heavy (non-hydrogen) atoms. The average molecular weight is 439 g/mol. The molecular formula is C22H21N3O5S. The maximum absolute atomic E-state index is 11.6. The van der Waals surface area contributed by atoms with E-state index < -0.39 is 10.0 Å². The quantitative estimate of drug-likeness (QED) is 0.561. The van der Waals surface area contributed by atoms with Gasteiger partial charge in [0.05, 0.1) is 29.4 Å². The number of phenolic OH excluding ortho intramolecular Hbond substituents is 2. The van der Waals surface area contributed by atoms with Crippen LogP contribution in [-0.4, -0.2) is 31.5 Å². The monoisotopic (exact) mass is 439 g/mol. The number of ether oxygens (including phenoxy) is 1. The number of methoxy groups -OCH3 is 1. The van der Waals surface area contributed by atoms with Gasteiger partial charge in [0.15, 0.2) is 11.5 Å². The molecule has 3 aromatic rings. The molecule has 1 atom stereocenters. The zero-order valence-corrected chi connectivity index (χ0v) is 17.5. The molecule has 1 unspecified atom stereocenters. The molecular weight excluding hydrogens is 418 g/mol. The van der Waals surface area contributed by atoms with Crippen LogP contribution in [0.25, 0.3) is 0 Å². The number of anilines is 1. The Kier molecular flexibility index (Phi) is 5.30. The summed E-state index contributed by atoms with van der Waals surface area (Å²) in [6, 6.07) is 17.8. The first-order valence-corrected chi connectivity index (χ1v) is 11.0. The summed E-state index contributed by atoms with van der Waals surface area (Å²) in [6.07, 6.45) is 0.522. The summed E-state index contributed by atoms with van der Waals surface area (Å²) in [5, 5.41) is 31.6. The van der Waals surface area contributed by atoms with Crippen LogP contribution in [0.5, 0.6) is 17.2 Å². The summed E-state index contributed by atoms with van der Waals surface area (Å²) in [5.41, 5.74) is 3.05. The SMILES string of the molecule is COc1cc(C2CC(c3cccc(O)c3)=NN2c2ccc(S(N)(=O)=O)cc2)ccc1O. The number of hydrogen-bond acceptors (Lipinski definition) is 7. The molecule has 0 aromatic heterocycles. The van der Waals surface area contributed by atoms with Crippen molar-refractivity contribution in [3.63, 3.8) is 0 Å². The van der Waals surface area contributed by atoms with E-state index in [9.17, 15) is 18.6 Å². The molecule has 0 saturated carbocycles. The molecule has 4 rings (SSSR count). The summed E-state index contributed by atoms with van der Waals surface area (Å²) < 4.78 is 28.4. The smallest absolute Gasteiger partial charge is 0.238 e. The first-order valence-electron chi connectivity index (χ1n) is 9.42. The summed E-state index contributed by atoms with van der Waals surface area (Å²) >= 11 is 0. The van der Waals surface area contributed by atoms with Crippen molar-refractivity contribution in [1.82, 2.24) is 0 Å². The number of phenols is 2. The van der Waals surface area contributed by atoms with E-state index in [0.717, 1.165) is 16.8 Å². The normalized spacial score (nSPS) is 16.3. The molecule has 9 heteroatoms. The number of rotatable bonds is 5. The molecule has 0 amide bonds. The lowest BCUT2D eigenvalue weighted by Crippen LogP contribution is -2.19. The number of nitrogens with zero attached hydrogens (tertiary/aromatic N) is 2. The third-order valence-electron chi connectivity index (χ3n) is 5.11. The first-order chi connectivity index (χ1) is 14.8. The lowest BCUT2D eigenvalue weighted by Gasteiger charge is -2.24. The maximum Gasteiger partial charge on any atom is 0.238 e. The topological polar surface area (TPSA) is 125 Å². The third-order valence-corrected chi connectivity index (χ3v) is 6.04. The number of aromatic hydroxyl groups is 2. The molecule has 0 aliphatic carbocycles. The predicted molar refractivity (Wildman–Crippen MR) is 117 cm³/mol. The number of nitrogens with two attached hydrogens (primary N) is 1. The Hall–Kier alpha value is -3.56. The van der Waals surface area contributed by atoms with Crippen LogP contribution in [0.3, 0.4) is 0 Å². The van der Waals surface area contributed by atoms with E-state index in [1.807, 2.05) is 6.07 Å². The molecule has 0 fully saturated rings. The van der Waals surface area contributed by atoms with Gasteiger partial charge in [-0.05, 0) is 54.1 Å². The zero-order valence-electron chi connectivity index (χ0n) is 16.6. The van der Waals surface area contributed by atoms with Crippen LogP contribution in [0.4, 0.5) is 5.69 Å². The Balaban J connectivity index is 1.78. The van der Waals surface area contributed by atoms with Crippen molar-refractivity contribution >= 4 is 21.4 Å². The molecule has 0 radical (unpaired) electrons. The van der Waals surface area contributed by atoms with Gasteiger partial charge in [-0.2, -0.15) is 5.10 Å². The van der Waals surface area contributed by atoms with Gasteiger partial charge in [-0.1, -0.05) is 18.2 Å². The van der Waals surface area contributed by atoms with E-state index in [2.05, 4.69) is 0 Å². The Morgan fingerprint density at radius 1 is 1.06 bits per heavy atom. The van der Waals surface area contributed by atoms with E-state index in [1.54, 1.807) is 53.5 Å². The number of sulfonamides is 1. The molecule has 0 spiro atoms. The van der Waals surface area contributed by atoms with Crippen LogP contribution in [0.2, 0.25) is 0 Å². The summed E-state index contributed by atoms with van der Waals surface area (Å²) in [6.45, 7) is 0. The minimum atomic E-state index is -3.81. The minimum Gasteiger partial charge on any atom is -0.508 e. The van der Waals surface area contributed by atoms with Crippen molar-refractivity contribution in [2.24, 2.45) is 10.2 Å². The number of hydrazone groups is 1. The van der Waals surface area contributed by atoms with E-state index in [-0.39, 0.29) is 22.4 Å². The molecule has 0 saturated heterocycles. The van der Waals surface area contributed by atoms with E-state index in [1.165, 1.54) is 19.2 Å². The van der Waals surface area contributed by atoms with E-state index in [0.29, 0.717) is 17.9 Å². The average Bonchev–Trinajstić information content (AvgIpc) is 3.19. The number of benzene rings is 3. The van der Waals surface area contributed by atoms with E-state index >= 15 is 0 Å². The van der Waals surface area contributed by atoms with Gasteiger partial charge in [0.2, 0.25) is 10.0 Å². The molecule has 8 nitrogen and oxygen atoms in total. The summed E-state index contributed by atoms with van der Waals surface area (Å²) in [7, 11) is -2.33. The highest BCUT2D eigenvalue weighted by Crippen LogP contribution is 2.39. The van der Waals surface area contributed by atoms with Crippen molar-refractivity contribution in [1.29, 1.82) is 0 Å². The maximum atomic E-state index is 11.6. The van der Waals surface area contributed by atoms with Crippen molar-refractivity contribution in [2.75, 3.05) is 12.1 Å². The highest BCUT2D eigenvalue weighted by Gasteiger charge is 2.31. The highest BCUT2D eigenvalue weighted by atomic mass is 32.2. The van der Waals surface area contributed by atoms with Gasteiger partial charge in [0.1, 0.15) is 5.75 Å². The lowest BCUT2D eigenvalue weighted by atomic mass is 9.97. The van der Waals surface area contributed by atoms with Crippen molar-refractivity contribution in [3.8, 4) is 17.2 Å². The Labute approximate surface area is 179 Å². The van der Waals surface area contributed by atoms with Gasteiger partial charge in [-0.25, -0.2) is 13.6 Å². The van der Waals surface area contributed by atoms with Gasteiger partial charge >= 0.3 is 0 Å². The number of primary sulfonamides is 1. The summed E-state index contributed by atoms with van der Waals surface area (Å²) in [5.74, 6) is 0.509. The fourth-order valence-corrected chi connectivity index (χ4v) is 4.07. The second kappa shape index (κ2) is 7.93. The van der Waals surface area contributed by atoms with Crippen molar-refractivity contribution in [2.45, 2.75) is 17.4 Å². The number of hydrogen-bond donors (Lipinski definition) is 3. The van der Waals surface area contributed by atoms with Crippen LogP contribution in [-0.2, 0) is 10.0 Å². The Morgan fingerprint density at radius 2 is 1.81 bits per heavy atom. The van der Waals surface area contributed by atoms with Gasteiger partial charge in [-0.3, -0.25) is 5.01 Å². The van der Waals surface area contributed by atoms with Crippen LogP contribution in [0.1, 0.15) is 23.6 Å². The Morgan fingerprint density at radius 3 is 2.45 bits per heavy atom. The molecule has 1 aliphatic rings. The Bertz CT molecular complexity index is 1260. The van der Waals surface area contributed by atoms with Gasteiger partial charge in [0.25, 0.3) is 0 Å². The van der Waals surface area contributed by atoms with Gasteiger partial charge < -0.3 is 14.9 Å². The van der Waals surface area contributed by atoms with Crippen LogP contribution < -0.4 is 14.9 Å². The highest BCUT2D eigenvalue weighted by molar-refractivity contribution is 7.89. The van der Waals surface area contributed by atoms with Crippen LogP contribution in [0.15, 0.2) is 76.7 Å². The van der Waals surface area contributed by atoms with Gasteiger partial charge in [0, 0.05) is 12.0 Å². The zero-order chi connectivity index (χ0) is 22.2. The summed E-state index contributed by atoms with van der Waals surface area (Å²) in [4.78, 5) is 0.00971. The molecule has 3 aromatic carbocycles. The van der Waals surface area contributed by atoms with Crippen LogP contribution in [0, 0.1) is 0 Å². The van der Waals surface area contributed by atoms with Crippen molar-refractivity contribution < 1.29 is 23.4 Å². The molecule has 1 heterocycles. The predicted octanol–water partition coefficient (Wildman–Crippen LogP) is 3.11. The molecule has 160 valence electrons. The minimum absolute atomic E-state index is 0.00971. The largest absolute Gasteiger partial charge is 0.508 e. The van der Waals surface area contributed by atoms with Crippen LogP contribution >= 0.6 is 0 Å². The fourth-order valence-electron chi connectivity index (χ4n) is 3.56. The van der Waals surface area contributed by atoms with E-state index in [4.69, 9.17) is 15.0 Å². The molecule has 0 bridgehead atoms. The lowest BCUT2D eigenvalue weighted by molar-refractivity contribution is 0.372. The fraction of sp³-hybridized carbons (Fsp3) is 0.136. The second-order valence-corrected chi connectivity index (χ2v) is 8.69. The standard InChI is InChI=1S/C22H21N3O5S/c1-30-22-12-15(5-10-21(22)27)20-13-19(14-3-2-4-17(26)11-14)24-25(20)16-6-8-18(9-7-16)31(23,28)29/h2-12,20,26-27H,13H2,1H3,(H2,23,28,29). The molecule has 1 aliphatic heterocycles. The molecule has 4 N–H and O–H groups in total. The second-order valence-electron chi connectivity index (χ2n) is 7.13. The third kappa shape index (κ3) is 4.18.